The zero-order valence-electron chi connectivity index (χ0n) is 19.2. The lowest BCUT2D eigenvalue weighted by Crippen LogP contribution is -2.55. The molecule has 4 rings (SSSR count). The van der Waals surface area contributed by atoms with E-state index in [0.29, 0.717) is 21.6 Å². The lowest BCUT2D eigenvalue weighted by Gasteiger charge is -2.41. The van der Waals surface area contributed by atoms with Crippen molar-refractivity contribution in [3.05, 3.63) is 72.2 Å². The first-order valence-electron chi connectivity index (χ1n) is 10.7. The minimum Gasteiger partial charge on any atom is -0.459 e. The number of fused-ring (bicyclic) bond motifs is 1. The van der Waals surface area contributed by atoms with E-state index >= 15 is 0 Å². The van der Waals surface area contributed by atoms with E-state index in [-0.39, 0.29) is 29.6 Å². The first-order valence-corrected chi connectivity index (χ1v) is 10.7. The van der Waals surface area contributed by atoms with Crippen molar-refractivity contribution in [1.82, 2.24) is 4.90 Å². The SMILES string of the molecule is C[C@H]1CN(C(=O)c2ccco2)c2cc(-c3ccc(C(=O)N(C)C)cc3)ccc2N1C(=O)C(F)(F)F. The van der Waals surface area contributed by atoms with E-state index in [1.165, 1.54) is 41.2 Å². The van der Waals surface area contributed by atoms with Crippen molar-refractivity contribution in [2.24, 2.45) is 0 Å². The second-order valence-corrected chi connectivity index (χ2v) is 8.40. The molecule has 0 unspecified atom stereocenters. The number of carbonyl (C=O) groups excluding carboxylic acids is 3. The maximum absolute atomic E-state index is 13.4. The lowest BCUT2D eigenvalue weighted by atomic mass is 9.99. The van der Waals surface area contributed by atoms with E-state index < -0.39 is 24.0 Å². The third-order valence-corrected chi connectivity index (χ3v) is 5.72. The molecule has 0 bridgehead atoms. The number of hydrogen-bond donors (Lipinski definition) is 0. The fourth-order valence-electron chi connectivity index (χ4n) is 4.04. The molecule has 2 aromatic carbocycles. The van der Waals surface area contributed by atoms with Crippen molar-refractivity contribution in [3.8, 4) is 11.1 Å². The third-order valence-electron chi connectivity index (χ3n) is 5.72. The number of rotatable bonds is 3. The molecule has 1 atom stereocenters. The van der Waals surface area contributed by atoms with Crippen LogP contribution in [0.3, 0.4) is 0 Å². The predicted molar refractivity (Wildman–Crippen MR) is 123 cm³/mol. The maximum atomic E-state index is 13.4. The number of nitrogens with zero attached hydrogens (tertiary/aromatic N) is 3. The van der Waals surface area contributed by atoms with Crippen molar-refractivity contribution >= 4 is 29.1 Å². The Hall–Kier alpha value is -4.08. The number of benzene rings is 2. The van der Waals surface area contributed by atoms with Gasteiger partial charge in [0.25, 0.3) is 11.8 Å². The Bertz CT molecular complexity index is 1270. The zero-order valence-corrected chi connectivity index (χ0v) is 19.2. The highest BCUT2D eigenvalue weighted by Gasteiger charge is 2.47. The fourth-order valence-corrected chi connectivity index (χ4v) is 4.04. The van der Waals surface area contributed by atoms with Crippen LogP contribution in [0.1, 0.15) is 27.8 Å². The van der Waals surface area contributed by atoms with Gasteiger partial charge in [0.1, 0.15) is 0 Å². The maximum Gasteiger partial charge on any atom is 0.471 e. The summed E-state index contributed by atoms with van der Waals surface area (Å²) in [4.78, 5) is 41.0. The summed E-state index contributed by atoms with van der Waals surface area (Å²) in [7, 11) is 3.28. The van der Waals surface area contributed by atoms with Crippen LogP contribution in [0.25, 0.3) is 11.1 Å². The molecule has 1 aromatic heterocycles. The van der Waals surface area contributed by atoms with Gasteiger partial charge < -0.3 is 14.2 Å². The number of furan rings is 1. The summed E-state index contributed by atoms with van der Waals surface area (Å²) in [5.41, 5.74) is 1.86. The number of amides is 3. The quantitative estimate of drug-likeness (QED) is 0.544. The molecule has 0 fully saturated rings. The average molecular weight is 485 g/mol. The van der Waals surface area contributed by atoms with Gasteiger partial charge in [-0.25, -0.2) is 0 Å². The molecule has 182 valence electrons. The van der Waals surface area contributed by atoms with Crippen LogP contribution in [0.2, 0.25) is 0 Å². The molecule has 0 N–H and O–H groups in total. The van der Waals surface area contributed by atoms with Crippen molar-refractivity contribution in [2.45, 2.75) is 19.1 Å². The summed E-state index contributed by atoms with van der Waals surface area (Å²) in [5.74, 6) is -2.69. The van der Waals surface area contributed by atoms with Crippen LogP contribution in [0.15, 0.2) is 65.3 Å². The lowest BCUT2D eigenvalue weighted by molar-refractivity contribution is -0.170. The summed E-state index contributed by atoms with van der Waals surface area (Å²) in [6.07, 6.45) is -3.75. The van der Waals surface area contributed by atoms with Gasteiger partial charge in [-0.2, -0.15) is 13.2 Å². The molecule has 3 amide bonds. The molecular formula is C25H22F3N3O4. The molecule has 0 spiro atoms. The average Bonchev–Trinajstić information content (AvgIpc) is 3.36. The molecule has 1 aliphatic rings. The van der Waals surface area contributed by atoms with Crippen molar-refractivity contribution in [2.75, 3.05) is 30.4 Å². The van der Waals surface area contributed by atoms with Crippen molar-refractivity contribution in [1.29, 1.82) is 0 Å². The molecule has 1 aliphatic heterocycles. The van der Waals surface area contributed by atoms with Gasteiger partial charge in [-0.3, -0.25) is 19.3 Å². The predicted octanol–water partition coefficient (Wildman–Crippen LogP) is 4.59. The summed E-state index contributed by atoms with van der Waals surface area (Å²) in [6, 6.07) is 13.3. The molecule has 3 aromatic rings. The van der Waals surface area contributed by atoms with Gasteiger partial charge in [0, 0.05) is 26.2 Å². The van der Waals surface area contributed by atoms with Crippen molar-refractivity contribution < 1.29 is 32.0 Å². The Balaban J connectivity index is 1.80. The summed E-state index contributed by atoms with van der Waals surface area (Å²) >= 11 is 0. The Morgan fingerprint density at radius 3 is 2.20 bits per heavy atom. The molecule has 0 radical (unpaired) electrons. The number of anilines is 2. The highest BCUT2D eigenvalue weighted by atomic mass is 19.4. The highest BCUT2D eigenvalue weighted by Crippen LogP contribution is 2.41. The van der Waals surface area contributed by atoms with Gasteiger partial charge in [0.05, 0.1) is 23.7 Å². The van der Waals surface area contributed by atoms with Crippen LogP contribution < -0.4 is 9.80 Å². The largest absolute Gasteiger partial charge is 0.471 e. The minimum absolute atomic E-state index is 0.0238. The Morgan fingerprint density at radius 1 is 0.971 bits per heavy atom. The van der Waals surface area contributed by atoms with E-state index in [4.69, 9.17) is 4.42 Å². The van der Waals surface area contributed by atoms with E-state index in [1.807, 2.05) is 0 Å². The molecular weight excluding hydrogens is 463 g/mol. The van der Waals surface area contributed by atoms with Gasteiger partial charge >= 0.3 is 12.1 Å². The number of carbonyl (C=O) groups is 3. The van der Waals surface area contributed by atoms with Gasteiger partial charge in [-0.05, 0) is 54.4 Å². The summed E-state index contributed by atoms with van der Waals surface area (Å²) < 4.78 is 45.3. The van der Waals surface area contributed by atoms with Gasteiger partial charge in [-0.15, -0.1) is 0 Å². The van der Waals surface area contributed by atoms with Gasteiger partial charge in [-0.1, -0.05) is 18.2 Å². The highest BCUT2D eigenvalue weighted by molar-refractivity contribution is 6.11. The molecule has 35 heavy (non-hydrogen) atoms. The van der Waals surface area contributed by atoms with E-state index in [1.54, 1.807) is 50.5 Å². The standard InChI is InChI=1S/C25H22F3N3O4/c1-15-14-30(23(33)21-5-4-12-35-21)20-13-18(10-11-19(20)31(15)24(34)25(26,27)28)16-6-8-17(9-7-16)22(32)29(2)3/h4-13,15H,14H2,1-3H3/t15-/m0/s1. The zero-order chi connectivity index (χ0) is 25.5. The van der Waals surface area contributed by atoms with Crippen LogP contribution >= 0.6 is 0 Å². The normalized spacial score (nSPS) is 15.5. The number of halogens is 3. The minimum atomic E-state index is -5.08. The smallest absolute Gasteiger partial charge is 0.459 e. The fraction of sp³-hybridized carbons (Fsp3) is 0.240. The second-order valence-electron chi connectivity index (χ2n) is 8.40. The van der Waals surface area contributed by atoms with E-state index in [9.17, 15) is 27.6 Å². The Labute approximate surface area is 199 Å². The second kappa shape index (κ2) is 8.94. The molecule has 2 heterocycles. The van der Waals surface area contributed by atoms with Crippen LogP contribution in [-0.4, -0.2) is 55.5 Å². The topological polar surface area (TPSA) is 74.1 Å². The monoisotopic (exact) mass is 485 g/mol. The number of alkyl halides is 3. The molecule has 10 heteroatoms. The Morgan fingerprint density at radius 2 is 1.63 bits per heavy atom. The van der Waals surface area contributed by atoms with E-state index in [2.05, 4.69) is 0 Å². The first kappa shape index (κ1) is 24.1. The first-order chi connectivity index (χ1) is 16.5. The van der Waals surface area contributed by atoms with Crippen LogP contribution in [0.4, 0.5) is 24.5 Å². The third kappa shape index (κ3) is 4.51. The van der Waals surface area contributed by atoms with Crippen molar-refractivity contribution in [3.63, 3.8) is 0 Å². The van der Waals surface area contributed by atoms with Gasteiger partial charge in [0.15, 0.2) is 5.76 Å². The van der Waals surface area contributed by atoms with Crippen LogP contribution in [-0.2, 0) is 4.79 Å². The molecule has 7 nitrogen and oxygen atoms in total. The molecule has 0 aliphatic carbocycles. The van der Waals surface area contributed by atoms with Crippen LogP contribution in [0.5, 0.6) is 0 Å². The van der Waals surface area contributed by atoms with Crippen LogP contribution in [0, 0.1) is 0 Å². The van der Waals surface area contributed by atoms with Gasteiger partial charge in [0.2, 0.25) is 0 Å². The number of hydrogen-bond acceptors (Lipinski definition) is 4. The summed E-state index contributed by atoms with van der Waals surface area (Å²) in [6.45, 7) is 1.29. The molecule has 0 saturated carbocycles. The summed E-state index contributed by atoms with van der Waals surface area (Å²) in [5, 5.41) is 0. The Kier molecular flexibility index (Phi) is 6.14. The molecule has 0 saturated heterocycles. The van der Waals surface area contributed by atoms with E-state index in [0.717, 1.165) is 0 Å².